The topological polar surface area (TPSA) is 79.9 Å². The standard InChI is InChI=1S/C18H17ClN4O2S/c1-2-25-15-6-4-3-5-14(15)20-16(24)11-26-18-21-17(22-23-18)12-7-9-13(19)10-8-12/h3-10H,2,11H2,1H3,(H,20,24)(H,21,22,23). The molecule has 3 rings (SSSR count). The average molecular weight is 389 g/mol. The predicted octanol–water partition coefficient (Wildman–Crippen LogP) is 4.25. The maximum atomic E-state index is 12.2. The van der Waals surface area contributed by atoms with Crippen LogP contribution in [0.2, 0.25) is 5.02 Å². The number of anilines is 1. The second kappa shape index (κ2) is 8.73. The molecule has 0 bridgehead atoms. The number of aromatic amines is 1. The molecule has 1 amide bonds. The fourth-order valence-electron chi connectivity index (χ4n) is 2.22. The number of nitrogens with one attached hydrogen (secondary N) is 2. The number of hydrogen-bond donors (Lipinski definition) is 2. The minimum absolute atomic E-state index is 0.153. The quantitative estimate of drug-likeness (QED) is 0.591. The molecule has 0 saturated heterocycles. The number of nitrogens with zero attached hydrogens (tertiary/aromatic N) is 2. The van der Waals surface area contributed by atoms with Crippen LogP contribution in [0.15, 0.2) is 53.7 Å². The number of thioether (sulfide) groups is 1. The van der Waals surface area contributed by atoms with Gasteiger partial charge in [0.15, 0.2) is 5.82 Å². The van der Waals surface area contributed by atoms with Gasteiger partial charge in [-0.25, -0.2) is 4.98 Å². The van der Waals surface area contributed by atoms with Gasteiger partial charge in [-0.15, -0.1) is 5.10 Å². The lowest BCUT2D eigenvalue weighted by Gasteiger charge is -2.10. The van der Waals surface area contributed by atoms with Crippen molar-refractivity contribution < 1.29 is 9.53 Å². The van der Waals surface area contributed by atoms with E-state index < -0.39 is 0 Å². The van der Waals surface area contributed by atoms with Gasteiger partial charge < -0.3 is 10.1 Å². The van der Waals surface area contributed by atoms with Gasteiger partial charge in [-0.1, -0.05) is 35.5 Å². The lowest BCUT2D eigenvalue weighted by Crippen LogP contribution is -2.15. The molecule has 1 aromatic heterocycles. The van der Waals surface area contributed by atoms with Crippen molar-refractivity contribution in [2.45, 2.75) is 12.1 Å². The zero-order valence-corrected chi connectivity index (χ0v) is 15.6. The molecule has 0 spiro atoms. The van der Waals surface area contributed by atoms with Crippen molar-refractivity contribution in [2.75, 3.05) is 17.7 Å². The largest absolute Gasteiger partial charge is 0.492 e. The van der Waals surface area contributed by atoms with E-state index in [1.807, 2.05) is 37.3 Å². The van der Waals surface area contributed by atoms with Crippen LogP contribution in [0.3, 0.4) is 0 Å². The summed E-state index contributed by atoms with van der Waals surface area (Å²) in [6.45, 7) is 2.43. The van der Waals surface area contributed by atoms with E-state index in [0.29, 0.717) is 34.0 Å². The third-order valence-corrected chi connectivity index (χ3v) is 4.48. The van der Waals surface area contributed by atoms with Crippen LogP contribution in [0.4, 0.5) is 5.69 Å². The Bertz CT molecular complexity index is 883. The molecule has 2 aromatic carbocycles. The predicted molar refractivity (Wildman–Crippen MR) is 104 cm³/mol. The first kappa shape index (κ1) is 18.3. The molecule has 8 heteroatoms. The Balaban J connectivity index is 1.58. The molecule has 0 atom stereocenters. The normalized spacial score (nSPS) is 10.5. The number of para-hydroxylation sites is 2. The van der Waals surface area contributed by atoms with Crippen LogP contribution in [-0.2, 0) is 4.79 Å². The van der Waals surface area contributed by atoms with E-state index in [-0.39, 0.29) is 11.7 Å². The fourth-order valence-corrected chi connectivity index (χ4v) is 2.94. The van der Waals surface area contributed by atoms with Gasteiger partial charge in [-0.3, -0.25) is 9.89 Å². The Morgan fingerprint density at radius 3 is 2.77 bits per heavy atom. The number of halogens is 1. The van der Waals surface area contributed by atoms with Crippen LogP contribution in [-0.4, -0.2) is 33.4 Å². The highest BCUT2D eigenvalue weighted by molar-refractivity contribution is 7.99. The molecule has 6 nitrogen and oxygen atoms in total. The van der Waals surface area contributed by atoms with E-state index in [2.05, 4.69) is 20.5 Å². The summed E-state index contributed by atoms with van der Waals surface area (Å²) in [4.78, 5) is 16.6. The minimum atomic E-state index is -0.153. The van der Waals surface area contributed by atoms with Crippen LogP contribution < -0.4 is 10.1 Å². The molecule has 134 valence electrons. The maximum Gasteiger partial charge on any atom is 0.234 e. The summed E-state index contributed by atoms with van der Waals surface area (Å²) in [5, 5.41) is 11.0. The summed E-state index contributed by atoms with van der Waals surface area (Å²) in [6.07, 6.45) is 0. The Morgan fingerprint density at radius 2 is 2.00 bits per heavy atom. The number of aromatic nitrogens is 3. The highest BCUT2D eigenvalue weighted by Gasteiger charge is 2.11. The Morgan fingerprint density at radius 1 is 1.23 bits per heavy atom. The van der Waals surface area contributed by atoms with Crippen molar-refractivity contribution in [3.05, 3.63) is 53.6 Å². The van der Waals surface area contributed by atoms with Crippen molar-refractivity contribution in [1.29, 1.82) is 0 Å². The molecule has 26 heavy (non-hydrogen) atoms. The fraction of sp³-hybridized carbons (Fsp3) is 0.167. The lowest BCUT2D eigenvalue weighted by molar-refractivity contribution is -0.113. The molecular weight excluding hydrogens is 372 g/mol. The molecule has 0 aliphatic heterocycles. The van der Waals surface area contributed by atoms with Gasteiger partial charge in [0, 0.05) is 10.6 Å². The van der Waals surface area contributed by atoms with Crippen LogP contribution in [0, 0.1) is 0 Å². The van der Waals surface area contributed by atoms with Gasteiger partial charge in [0.25, 0.3) is 0 Å². The van der Waals surface area contributed by atoms with E-state index in [4.69, 9.17) is 16.3 Å². The number of H-pyrrole nitrogens is 1. The zero-order chi connectivity index (χ0) is 18.4. The second-order valence-electron chi connectivity index (χ2n) is 5.24. The van der Waals surface area contributed by atoms with E-state index in [9.17, 15) is 4.79 Å². The van der Waals surface area contributed by atoms with Crippen LogP contribution in [0.5, 0.6) is 5.75 Å². The summed E-state index contributed by atoms with van der Waals surface area (Å²) in [6, 6.07) is 14.6. The molecule has 0 unspecified atom stereocenters. The smallest absolute Gasteiger partial charge is 0.234 e. The minimum Gasteiger partial charge on any atom is -0.492 e. The number of carbonyl (C=O) groups excluding carboxylic acids is 1. The third kappa shape index (κ3) is 4.77. The SMILES string of the molecule is CCOc1ccccc1NC(=O)CSc1n[nH]c(-c2ccc(Cl)cc2)n1. The number of amides is 1. The number of ether oxygens (including phenoxy) is 1. The molecule has 2 N–H and O–H groups in total. The molecular formula is C18H17ClN4O2S. The number of rotatable bonds is 7. The van der Waals surface area contributed by atoms with Crippen molar-refractivity contribution in [3.8, 4) is 17.1 Å². The van der Waals surface area contributed by atoms with Gasteiger partial charge >= 0.3 is 0 Å². The molecule has 3 aromatic rings. The highest BCUT2D eigenvalue weighted by Crippen LogP contribution is 2.25. The van der Waals surface area contributed by atoms with Gasteiger partial charge in [0.05, 0.1) is 18.0 Å². The summed E-state index contributed by atoms with van der Waals surface area (Å²) >= 11 is 7.14. The Hall–Kier alpha value is -2.51. The van der Waals surface area contributed by atoms with Crippen LogP contribution in [0.1, 0.15) is 6.92 Å². The monoisotopic (exact) mass is 388 g/mol. The van der Waals surface area contributed by atoms with Gasteiger partial charge in [-0.05, 0) is 43.3 Å². The van der Waals surface area contributed by atoms with Crippen LogP contribution >= 0.6 is 23.4 Å². The first-order valence-corrected chi connectivity index (χ1v) is 9.35. The maximum absolute atomic E-state index is 12.2. The molecule has 0 radical (unpaired) electrons. The summed E-state index contributed by atoms with van der Waals surface area (Å²) in [7, 11) is 0. The van der Waals surface area contributed by atoms with Crippen molar-refractivity contribution in [3.63, 3.8) is 0 Å². The summed E-state index contributed by atoms with van der Waals surface area (Å²) in [5.74, 6) is 1.32. The third-order valence-electron chi connectivity index (χ3n) is 3.38. The molecule has 0 aliphatic rings. The average Bonchev–Trinajstić information content (AvgIpc) is 3.11. The van der Waals surface area contributed by atoms with E-state index in [1.165, 1.54) is 11.8 Å². The van der Waals surface area contributed by atoms with Gasteiger partial charge in [0.1, 0.15) is 5.75 Å². The molecule has 0 aliphatic carbocycles. The first-order chi connectivity index (χ1) is 12.7. The Kier molecular flexibility index (Phi) is 6.14. The van der Waals surface area contributed by atoms with Gasteiger partial charge in [-0.2, -0.15) is 0 Å². The van der Waals surface area contributed by atoms with E-state index >= 15 is 0 Å². The lowest BCUT2D eigenvalue weighted by atomic mass is 10.2. The highest BCUT2D eigenvalue weighted by atomic mass is 35.5. The number of carbonyl (C=O) groups is 1. The Labute approximate surface area is 160 Å². The first-order valence-electron chi connectivity index (χ1n) is 7.98. The molecule has 1 heterocycles. The van der Waals surface area contributed by atoms with Crippen LogP contribution in [0.25, 0.3) is 11.4 Å². The van der Waals surface area contributed by atoms with Gasteiger partial charge in [0.2, 0.25) is 11.1 Å². The number of hydrogen-bond acceptors (Lipinski definition) is 5. The number of benzene rings is 2. The van der Waals surface area contributed by atoms with Crippen molar-refractivity contribution >= 4 is 35.0 Å². The van der Waals surface area contributed by atoms with Crippen molar-refractivity contribution in [1.82, 2.24) is 15.2 Å². The van der Waals surface area contributed by atoms with Crippen molar-refractivity contribution in [2.24, 2.45) is 0 Å². The molecule has 0 fully saturated rings. The van der Waals surface area contributed by atoms with E-state index in [0.717, 1.165) is 5.56 Å². The second-order valence-corrected chi connectivity index (χ2v) is 6.62. The summed E-state index contributed by atoms with van der Waals surface area (Å²) in [5.41, 5.74) is 1.53. The zero-order valence-electron chi connectivity index (χ0n) is 14.0. The van der Waals surface area contributed by atoms with E-state index in [1.54, 1.807) is 18.2 Å². The molecule has 0 saturated carbocycles. The summed E-state index contributed by atoms with van der Waals surface area (Å²) < 4.78 is 5.50.